The maximum atomic E-state index is 12.5. The molecule has 1 unspecified atom stereocenters. The summed E-state index contributed by atoms with van der Waals surface area (Å²) in [4.78, 5) is 9.21. The predicted molar refractivity (Wildman–Crippen MR) is 70.6 cm³/mol. The average Bonchev–Trinajstić information content (AvgIpc) is 2.80. The minimum atomic E-state index is -4.13. The summed E-state index contributed by atoms with van der Waals surface area (Å²) in [6.07, 6.45) is -2.47. The molecule has 0 radical (unpaired) electrons. The van der Waals surface area contributed by atoms with E-state index in [0.29, 0.717) is 13.1 Å². The fraction of sp³-hybridized carbons (Fsp3) is 0.500. The van der Waals surface area contributed by atoms with Gasteiger partial charge in [-0.1, -0.05) is 12.1 Å². The molecule has 3 rings (SSSR count). The Morgan fingerprint density at radius 2 is 2.10 bits per heavy atom. The van der Waals surface area contributed by atoms with Crippen molar-refractivity contribution in [2.75, 3.05) is 19.6 Å². The van der Waals surface area contributed by atoms with Gasteiger partial charge in [0.05, 0.1) is 17.6 Å². The van der Waals surface area contributed by atoms with Gasteiger partial charge >= 0.3 is 6.18 Å². The molecule has 1 aromatic carbocycles. The molecule has 1 aliphatic rings. The van der Waals surface area contributed by atoms with E-state index in [1.54, 1.807) is 0 Å². The molecule has 3 nitrogen and oxygen atoms in total. The number of H-pyrrole nitrogens is 1. The van der Waals surface area contributed by atoms with Crippen molar-refractivity contribution in [2.24, 2.45) is 0 Å². The van der Waals surface area contributed by atoms with Crippen molar-refractivity contribution in [3.8, 4) is 0 Å². The second kappa shape index (κ2) is 5.09. The van der Waals surface area contributed by atoms with Crippen molar-refractivity contribution in [3.63, 3.8) is 0 Å². The van der Waals surface area contributed by atoms with E-state index in [-0.39, 0.29) is 5.92 Å². The fourth-order valence-corrected chi connectivity index (χ4v) is 2.84. The SMILES string of the molecule is FC(F)(F)CN1CCCC(c2nc3ccccc3[nH]2)C1. The van der Waals surface area contributed by atoms with Gasteiger partial charge in [-0.3, -0.25) is 4.90 Å². The maximum absolute atomic E-state index is 12.5. The summed E-state index contributed by atoms with van der Waals surface area (Å²) in [6, 6.07) is 7.67. The highest BCUT2D eigenvalue weighted by Crippen LogP contribution is 2.28. The monoisotopic (exact) mass is 283 g/mol. The normalized spacial score (nSPS) is 21.4. The number of rotatable bonds is 2. The van der Waals surface area contributed by atoms with Gasteiger partial charge in [-0.2, -0.15) is 13.2 Å². The minimum Gasteiger partial charge on any atom is -0.342 e. The van der Waals surface area contributed by atoms with Crippen LogP contribution in [-0.4, -0.2) is 40.7 Å². The molecule has 0 spiro atoms. The van der Waals surface area contributed by atoms with E-state index in [0.717, 1.165) is 29.7 Å². The van der Waals surface area contributed by atoms with Gasteiger partial charge in [0.15, 0.2) is 0 Å². The van der Waals surface area contributed by atoms with Crippen molar-refractivity contribution >= 4 is 11.0 Å². The largest absolute Gasteiger partial charge is 0.401 e. The molecular weight excluding hydrogens is 267 g/mol. The third kappa shape index (κ3) is 2.95. The van der Waals surface area contributed by atoms with Crippen molar-refractivity contribution in [1.29, 1.82) is 0 Å². The van der Waals surface area contributed by atoms with Crippen LogP contribution in [0.1, 0.15) is 24.6 Å². The van der Waals surface area contributed by atoms with E-state index in [4.69, 9.17) is 0 Å². The number of nitrogens with zero attached hydrogens (tertiary/aromatic N) is 2. The number of alkyl halides is 3. The quantitative estimate of drug-likeness (QED) is 0.917. The molecule has 1 fully saturated rings. The molecule has 20 heavy (non-hydrogen) atoms. The summed E-state index contributed by atoms with van der Waals surface area (Å²) in [5.41, 5.74) is 1.81. The van der Waals surface area contributed by atoms with Crippen LogP contribution in [0.5, 0.6) is 0 Å². The van der Waals surface area contributed by atoms with Crippen molar-refractivity contribution in [3.05, 3.63) is 30.1 Å². The van der Waals surface area contributed by atoms with Crippen LogP contribution in [0, 0.1) is 0 Å². The zero-order valence-corrected chi connectivity index (χ0v) is 11.0. The first-order valence-electron chi connectivity index (χ1n) is 6.75. The Morgan fingerprint density at radius 1 is 1.30 bits per heavy atom. The van der Waals surface area contributed by atoms with Crippen LogP contribution in [0.2, 0.25) is 0 Å². The third-order valence-electron chi connectivity index (χ3n) is 3.70. The Hall–Kier alpha value is -1.56. The lowest BCUT2D eigenvalue weighted by Crippen LogP contribution is -2.40. The molecule has 0 aliphatic carbocycles. The minimum absolute atomic E-state index is 0.0542. The molecule has 2 heterocycles. The Balaban J connectivity index is 1.76. The zero-order chi connectivity index (χ0) is 14.2. The highest BCUT2D eigenvalue weighted by molar-refractivity contribution is 5.74. The van der Waals surface area contributed by atoms with Crippen molar-refractivity contribution in [1.82, 2.24) is 14.9 Å². The first kappa shape index (κ1) is 13.4. The van der Waals surface area contributed by atoms with Crippen LogP contribution in [0.25, 0.3) is 11.0 Å². The number of nitrogens with one attached hydrogen (secondary N) is 1. The summed E-state index contributed by atoms with van der Waals surface area (Å²) < 4.78 is 37.4. The number of hydrogen-bond acceptors (Lipinski definition) is 2. The van der Waals surface area contributed by atoms with Crippen LogP contribution < -0.4 is 0 Å². The molecule has 1 atom stereocenters. The number of aromatic nitrogens is 2. The van der Waals surface area contributed by atoms with Crippen LogP contribution in [0.15, 0.2) is 24.3 Å². The number of piperidine rings is 1. The maximum Gasteiger partial charge on any atom is 0.401 e. The Labute approximate surface area is 114 Å². The van der Waals surface area contributed by atoms with Gasteiger partial charge in [-0.15, -0.1) is 0 Å². The topological polar surface area (TPSA) is 31.9 Å². The molecule has 6 heteroatoms. The van der Waals surface area contributed by atoms with E-state index in [1.807, 2.05) is 24.3 Å². The molecule has 1 N–H and O–H groups in total. The highest BCUT2D eigenvalue weighted by Gasteiger charge is 2.33. The molecule has 0 saturated carbocycles. The second-order valence-corrected chi connectivity index (χ2v) is 5.33. The third-order valence-corrected chi connectivity index (χ3v) is 3.70. The van der Waals surface area contributed by atoms with Crippen LogP contribution in [0.3, 0.4) is 0 Å². The molecule has 0 bridgehead atoms. The van der Waals surface area contributed by atoms with Crippen molar-refractivity contribution in [2.45, 2.75) is 24.9 Å². The number of hydrogen-bond donors (Lipinski definition) is 1. The van der Waals surface area contributed by atoms with Gasteiger partial charge in [0.1, 0.15) is 5.82 Å². The Bertz CT molecular complexity index is 558. The molecule has 108 valence electrons. The molecule has 1 saturated heterocycles. The summed E-state index contributed by atoms with van der Waals surface area (Å²) in [5, 5.41) is 0. The number of imidazole rings is 1. The van der Waals surface area contributed by atoms with Gasteiger partial charge in [-0.25, -0.2) is 4.98 Å². The Kier molecular flexibility index (Phi) is 3.41. The van der Waals surface area contributed by atoms with Gasteiger partial charge in [0, 0.05) is 12.5 Å². The predicted octanol–water partition coefficient (Wildman–Crippen LogP) is 3.30. The van der Waals surface area contributed by atoms with E-state index in [1.165, 1.54) is 4.90 Å². The van der Waals surface area contributed by atoms with Crippen LogP contribution in [0.4, 0.5) is 13.2 Å². The lowest BCUT2D eigenvalue weighted by atomic mass is 9.97. The van der Waals surface area contributed by atoms with Gasteiger partial charge in [0.25, 0.3) is 0 Å². The van der Waals surface area contributed by atoms with Crippen LogP contribution in [-0.2, 0) is 0 Å². The number of para-hydroxylation sites is 2. The second-order valence-electron chi connectivity index (χ2n) is 5.33. The standard InChI is InChI=1S/C14H16F3N3/c15-14(16,17)9-20-7-3-4-10(8-20)13-18-11-5-1-2-6-12(11)19-13/h1-2,5-6,10H,3-4,7-9H2,(H,18,19). The van der Waals surface area contributed by atoms with E-state index < -0.39 is 12.7 Å². The van der Waals surface area contributed by atoms with E-state index in [9.17, 15) is 13.2 Å². The first-order chi connectivity index (χ1) is 9.51. The summed E-state index contributed by atoms with van der Waals surface area (Å²) in [6.45, 7) is 0.0965. The number of halogens is 3. The zero-order valence-electron chi connectivity index (χ0n) is 11.0. The van der Waals surface area contributed by atoms with E-state index >= 15 is 0 Å². The van der Waals surface area contributed by atoms with E-state index in [2.05, 4.69) is 9.97 Å². The van der Waals surface area contributed by atoms with Crippen molar-refractivity contribution < 1.29 is 13.2 Å². The molecule has 1 aromatic heterocycles. The number of likely N-dealkylation sites (tertiary alicyclic amines) is 1. The summed E-state index contributed by atoms with van der Waals surface area (Å²) in [7, 11) is 0. The smallest absolute Gasteiger partial charge is 0.342 e. The lowest BCUT2D eigenvalue weighted by molar-refractivity contribution is -0.148. The first-order valence-corrected chi connectivity index (χ1v) is 6.75. The van der Waals surface area contributed by atoms with Crippen LogP contribution >= 0.6 is 0 Å². The highest BCUT2D eigenvalue weighted by atomic mass is 19.4. The lowest BCUT2D eigenvalue weighted by Gasteiger charge is -2.32. The fourth-order valence-electron chi connectivity index (χ4n) is 2.84. The summed E-state index contributed by atoms with van der Waals surface area (Å²) >= 11 is 0. The van der Waals surface area contributed by atoms with Gasteiger partial charge in [-0.05, 0) is 31.5 Å². The van der Waals surface area contributed by atoms with Gasteiger partial charge < -0.3 is 4.98 Å². The molecule has 1 aliphatic heterocycles. The molecule has 0 amide bonds. The number of fused-ring (bicyclic) bond motifs is 1. The number of benzene rings is 1. The number of aromatic amines is 1. The summed E-state index contributed by atoms with van der Waals surface area (Å²) in [5.74, 6) is 0.858. The van der Waals surface area contributed by atoms with Gasteiger partial charge in [0.2, 0.25) is 0 Å². The molecular formula is C14H16F3N3. The molecule has 2 aromatic rings. The average molecular weight is 283 g/mol. The Morgan fingerprint density at radius 3 is 2.85 bits per heavy atom.